The summed E-state index contributed by atoms with van der Waals surface area (Å²) in [6, 6.07) is 3.81. The second-order valence-corrected chi connectivity index (χ2v) is 5.35. The van der Waals surface area contributed by atoms with Crippen LogP contribution in [0, 0.1) is 13.8 Å². The zero-order valence-electron chi connectivity index (χ0n) is 11.1. The quantitative estimate of drug-likeness (QED) is 0.797. The van der Waals surface area contributed by atoms with E-state index in [4.69, 9.17) is 16.3 Å². The van der Waals surface area contributed by atoms with Gasteiger partial charge in [0.25, 0.3) is 0 Å². The molecule has 6 heteroatoms. The van der Waals surface area contributed by atoms with Crippen molar-refractivity contribution in [2.24, 2.45) is 7.05 Å². The fourth-order valence-corrected chi connectivity index (χ4v) is 2.45. The maximum Gasteiger partial charge on any atom is 0.142 e. The molecule has 2 rings (SSSR count). The Kier molecular flexibility index (Phi) is 4.47. The molecule has 4 nitrogen and oxygen atoms in total. The van der Waals surface area contributed by atoms with E-state index in [1.807, 2.05) is 33.0 Å². The van der Waals surface area contributed by atoms with E-state index in [0.717, 1.165) is 27.2 Å². The molecule has 0 radical (unpaired) electrons. The molecule has 19 heavy (non-hydrogen) atoms. The topological polar surface area (TPSA) is 39.9 Å². The summed E-state index contributed by atoms with van der Waals surface area (Å²) in [6.07, 6.45) is 0. The highest BCUT2D eigenvalue weighted by atomic mass is 79.9. The van der Waals surface area contributed by atoms with Gasteiger partial charge in [0.1, 0.15) is 12.4 Å². The first-order valence-corrected chi connectivity index (χ1v) is 7.19. The molecule has 0 saturated heterocycles. The number of ether oxygens (including phenoxy) is 1. The third-order valence-corrected chi connectivity index (χ3v) is 4.11. The van der Waals surface area contributed by atoms with Crippen molar-refractivity contribution >= 4 is 27.5 Å². The molecule has 102 valence electrons. The van der Waals surface area contributed by atoms with Crippen LogP contribution in [0.2, 0.25) is 0 Å². The third kappa shape index (κ3) is 3.09. The third-order valence-electron chi connectivity index (χ3n) is 2.82. The summed E-state index contributed by atoms with van der Waals surface area (Å²) in [5, 5.41) is 4.33. The average Bonchev–Trinajstić information content (AvgIpc) is 2.62. The number of hydrogen-bond donors (Lipinski definition) is 0. The molecule has 0 fully saturated rings. The standard InChI is InChI=1S/C13H15BrClN3O/c1-8-4-5-12(10(6-15)16-8)19-7-11-13(14)9(2)17-18(11)3/h4-5H,6-7H2,1-3H3. The zero-order chi connectivity index (χ0) is 14.0. The van der Waals surface area contributed by atoms with E-state index < -0.39 is 0 Å². The van der Waals surface area contributed by atoms with Gasteiger partial charge in [-0.05, 0) is 41.9 Å². The van der Waals surface area contributed by atoms with Crippen LogP contribution in [0.1, 0.15) is 22.8 Å². The van der Waals surface area contributed by atoms with E-state index in [1.54, 1.807) is 4.68 Å². The lowest BCUT2D eigenvalue weighted by molar-refractivity contribution is 0.290. The van der Waals surface area contributed by atoms with Crippen molar-refractivity contribution in [2.75, 3.05) is 0 Å². The van der Waals surface area contributed by atoms with Gasteiger partial charge in [-0.15, -0.1) is 11.6 Å². The maximum absolute atomic E-state index is 5.88. The van der Waals surface area contributed by atoms with E-state index in [-0.39, 0.29) is 0 Å². The Labute approximate surface area is 125 Å². The lowest BCUT2D eigenvalue weighted by atomic mass is 10.3. The second-order valence-electron chi connectivity index (χ2n) is 4.29. The minimum absolute atomic E-state index is 0.336. The normalized spacial score (nSPS) is 10.8. The van der Waals surface area contributed by atoms with E-state index in [0.29, 0.717) is 18.2 Å². The molecular formula is C13H15BrClN3O. The molecule has 2 aromatic heterocycles. The summed E-state index contributed by atoms with van der Waals surface area (Å²) < 4.78 is 8.59. The Bertz CT molecular complexity index is 598. The van der Waals surface area contributed by atoms with Crippen LogP contribution in [0.15, 0.2) is 16.6 Å². The van der Waals surface area contributed by atoms with Gasteiger partial charge in [0, 0.05) is 12.7 Å². The molecule has 0 atom stereocenters. The first-order valence-electron chi connectivity index (χ1n) is 5.86. The lowest BCUT2D eigenvalue weighted by Crippen LogP contribution is -2.05. The van der Waals surface area contributed by atoms with Crippen molar-refractivity contribution in [1.82, 2.24) is 14.8 Å². The molecule has 0 aromatic carbocycles. The van der Waals surface area contributed by atoms with Crippen molar-refractivity contribution in [1.29, 1.82) is 0 Å². The first-order chi connectivity index (χ1) is 9.02. The number of aromatic nitrogens is 3. The predicted molar refractivity (Wildman–Crippen MR) is 78.5 cm³/mol. The average molecular weight is 345 g/mol. The molecule has 0 amide bonds. The smallest absolute Gasteiger partial charge is 0.142 e. The summed E-state index contributed by atoms with van der Waals surface area (Å²) in [6.45, 7) is 4.30. The molecule has 2 aromatic rings. The molecule has 0 aliphatic carbocycles. The fraction of sp³-hybridized carbons (Fsp3) is 0.385. The van der Waals surface area contributed by atoms with E-state index >= 15 is 0 Å². The number of pyridine rings is 1. The Morgan fingerprint density at radius 3 is 2.68 bits per heavy atom. The van der Waals surface area contributed by atoms with Gasteiger partial charge in [0.05, 0.1) is 27.4 Å². The number of nitrogens with zero attached hydrogens (tertiary/aromatic N) is 3. The molecule has 0 bridgehead atoms. The molecule has 0 aliphatic heterocycles. The highest BCUT2D eigenvalue weighted by molar-refractivity contribution is 9.10. The SMILES string of the molecule is Cc1ccc(OCc2c(Br)c(C)nn2C)c(CCl)n1. The fourth-order valence-electron chi connectivity index (χ4n) is 1.81. The summed E-state index contributed by atoms with van der Waals surface area (Å²) in [7, 11) is 1.90. The Morgan fingerprint density at radius 1 is 1.37 bits per heavy atom. The number of aryl methyl sites for hydroxylation is 3. The predicted octanol–water partition coefficient (Wildman–Crippen LogP) is 3.51. The highest BCUT2D eigenvalue weighted by Gasteiger charge is 2.12. The molecule has 0 unspecified atom stereocenters. The second kappa shape index (κ2) is 5.92. The number of halogens is 2. The van der Waals surface area contributed by atoms with Crippen LogP contribution in [0.3, 0.4) is 0 Å². The Hall–Kier alpha value is -1.07. The van der Waals surface area contributed by atoms with Gasteiger partial charge >= 0.3 is 0 Å². The van der Waals surface area contributed by atoms with Crippen molar-refractivity contribution in [3.63, 3.8) is 0 Å². The molecule has 2 heterocycles. The van der Waals surface area contributed by atoms with Crippen LogP contribution >= 0.6 is 27.5 Å². The lowest BCUT2D eigenvalue weighted by Gasteiger charge is -2.10. The van der Waals surface area contributed by atoms with E-state index in [9.17, 15) is 0 Å². The largest absolute Gasteiger partial charge is 0.485 e. The maximum atomic E-state index is 5.88. The number of hydrogen-bond acceptors (Lipinski definition) is 3. The van der Waals surface area contributed by atoms with Gasteiger partial charge in [-0.1, -0.05) is 0 Å². The Morgan fingerprint density at radius 2 is 2.11 bits per heavy atom. The van der Waals surface area contributed by atoms with Gasteiger partial charge in [-0.2, -0.15) is 5.10 Å². The first kappa shape index (κ1) is 14.3. The van der Waals surface area contributed by atoms with Gasteiger partial charge in [-0.3, -0.25) is 9.67 Å². The molecule has 0 spiro atoms. The van der Waals surface area contributed by atoms with E-state index in [2.05, 4.69) is 26.0 Å². The summed E-state index contributed by atoms with van der Waals surface area (Å²) >= 11 is 9.40. The van der Waals surface area contributed by atoms with E-state index in [1.165, 1.54) is 0 Å². The van der Waals surface area contributed by atoms with Crippen molar-refractivity contribution in [3.8, 4) is 5.75 Å². The Balaban J connectivity index is 2.19. The minimum atomic E-state index is 0.336. The number of rotatable bonds is 4. The summed E-state index contributed by atoms with van der Waals surface area (Å²) in [5.74, 6) is 1.05. The molecule has 0 aliphatic rings. The number of alkyl halides is 1. The van der Waals surface area contributed by atoms with Crippen LogP contribution in [0.5, 0.6) is 5.75 Å². The molecular weight excluding hydrogens is 330 g/mol. The molecule has 0 N–H and O–H groups in total. The zero-order valence-corrected chi connectivity index (χ0v) is 13.4. The highest BCUT2D eigenvalue weighted by Crippen LogP contribution is 2.24. The van der Waals surface area contributed by atoms with Crippen molar-refractivity contribution in [3.05, 3.63) is 39.4 Å². The summed E-state index contributed by atoms with van der Waals surface area (Å²) in [5.41, 5.74) is 3.62. The monoisotopic (exact) mass is 343 g/mol. The van der Waals surface area contributed by atoms with Crippen molar-refractivity contribution < 1.29 is 4.74 Å². The van der Waals surface area contributed by atoms with Crippen LogP contribution in [-0.2, 0) is 19.5 Å². The van der Waals surface area contributed by atoms with Gasteiger partial charge < -0.3 is 4.74 Å². The van der Waals surface area contributed by atoms with Crippen molar-refractivity contribution in [2.45, 2.75) is 26.3 Å². The van der Waals surface area contributed by atoms with Gasteiger partial charge in [0.2, 0.25) is 0 Å². The summed E-state index contributed by atoms with van der Waals surface area (Å²) in [4.78, 5) is 4.36. The van der Waals surface area contributed by atoms with Crippen LogP contribution < -0.4 is 4.74 Å². The minimum Gasteiger partial charge on any atom is -0.485 e. The molecule has 0 saturated carbocycles. The van der Waals surface area contributed by atoms with Crippen LogP contribution in [-0.4, -0.2) is 14.8 Å². The van der Waals surface area contributed by atoms with Crippen LogP contribution in [0.25, 0.3) is 0 Å². The van der Waals surface area contributed by atoms with Gasteiger partial charge in [0.15, 0.2) is 0 Å². The van der Waals surface area contributed by atoms with Crippen LogP contribution in [0.4, 0.5) is 0 Å². The van der Waals surface area contributed by atoms with Gasteiger partial charge in [-0.25, -0.2) is 0 Å².